The second kappa shape index (κ2) is 7.04. The van der Waals surface area contributed by atoms with Crippen LogP contribution < -0.4 is 5.32 Å². The summed E-state index contributed by atoms with van der Waals surface area (Å²) in [7, 11) is 1.76. The molecule has 1 rings (SSSR count). The van der Waals surface area contributed by atoms with Crippen molar-refractivity contribution in [2.45, 2.75) is 59.1 Å². The van der Waals surface area contributed by atoms with Gasteiger partial charge in [0.2, 0.25) is 0 Å². The lowest BCUT2D eigenvalue weighted by Crippen LogP contribution is -2.49. The van der Waals surface area contributed by atoms with Gasteiger partial charge in [0.05, 0.1) is 0 Å². The third-order valence-electron chi connectivity index (χ3n) is 3.44. The van der Waals surface area contributed by atoms with E-state index < -0.39 is 0 Å². The normalized spacial score (nSPS) is 18.5. The highest BCUT2D eigenvalue weighted by atomic mass is 16.5. The lowest BCUT2D eigenvalue weighted by molar-refractivity contribution is -0.154. The Kier molecular flexibility index (Phi) is 5.98. The van der Waals surface area contributed by atoms with Gasteiger partial charge in [-0.05, 0) is 31.7 Å². The van der Waals surface area contributed by atoms with Crippen molar-refractivity contribution in [3.05, 3.63) is 0 Å². The number of ether oxygens (including phenoxy) is 1. The SMILES string of the molecule is CNC(C(=O)C(C)C)C(OC(=O)CC(C)C)C1CC1. The Morgan fingerprint density at radius 1 is 1.21 bits per heavy atom. The van der Waals surface area contributed by atoms with Gasteiger partial charge in [0.15, 0.2) is 5.78 Å². The molecule has 4 nitrogen and oxygen atoms in total. The largest absolute Gasteiger partial charge is 0.460 e. The molecule has 1 saturated carbocycles. The number of hydrogen-bond acceptors (Lipinski definition) is 4. The number of likely N-dealkylation sites (N-methyl/N-ethyl adjacent to an activating group) is 1. The fraction of sp³-hybridized carbons (Fsp3) is 0.867. The number of ketones is 1. The summed E-state index contributed by atoms with van der Waals surface area (Å²) in [5.74, 6) is 0.500. The summed E-state index contributed by atoms with van der Waals surface area (Å²) in [5.41, 5.74) is 0. The predicted molar refractivity (Wildman–Crippen MR) is 74.8 cm³/mol. The Labute approximate surface area is 116 Å². The number of carbonyl (C=O) groups excluding carboxylic acids is 2. The second-order valence-electron chi connectivity index (χ2n) is 6.21. The first kappa shape index (κ1) is 16.2. The molecule has 1 aliphatic carbocycles. The number of carbonyl (C=O) groups is 2. The van der Waals surface area contributed by atoms with Crippen LogP contribution in [0.2, 0.25) is 0 Å². The van der Waals surface area contributed by atoms with Crippen LogP contribution in [-0.4, -0.2) is 30.9 Å². The molecule has 4 heteroatoms. The molecule has 19 heavy (non-hydrogen) atoms. The van der Waals surface area contributed by atoms with E-state index in [0.29, 0.717) is 12.3 Å². The third kappa shape index (κ3) is 4.94. The van der Waals surface area contributed by atoms with E-state index in [1.165, 1.54) is 0 Å². The Bertz CT molecular complexity index is 321. The van der Waals surface area contributed by atoms with Gasteiger partial charge in [-0.15, -0.1) is 0 Å². The third-order valence-corrected chi connectivity index (χ3v) is 3.44. The van der Waals surface area contributed by atoms with Crippen LogP contribution in [0.15, 0.2) is 0 Å². The minimum absolute atomic E-state index is 0.0532. The van der Waals surface area contributed by atoms with Gasteiger partial charge in [0.25, 0.3) is 0 Å². The highest BCUT2D eigenvalue weighted by molar-refractivity contribution is 5.86. The van der Waals surface area contributed by atoms with Crippen LogP contribution in [0.3, 0.4) is 0 Å². The number of nitrogens with one attached hydrogen (secondary N) is 1. The molecule has 0 aromatic carbocycles. The van der Waals surface area contributed by atoms with Crippen LogP contribution in [0.5, 0.6) is 0 Å². The van der Waals surface area contributed by atoms with E-state index >= 15 is 0 Å². The van der Waals surface area contributed by atoms with Gasteiger partial charge < -0.3 is 10.1 Å². The van der Waals surface area contributed by atoms with Gasteiger partial charge in [0.1, 0.15) is 12.1 Å². The van der Waals surface area contributed by atoms with E-state index in [4.69, 9.17) is 4.74 Å². The van der Waals surface area contributed by atoms with Crippen molar-refractivity contribution < 1.29 is 14.3 Å². The first-order chi connectivity index (χ1) is 8.86. The molecule has 110 valence electrons. The Balaban J connectivity index is 2.70. The molecule has 0 spiro atoms. The molecular formula is C15H27NO3. The number of rotatable bonds is 8. The molecule has 0 aromatic rings. The summed E-state index contributed by atoms with van der Waals surface area (Å²) in [6.07, 6.45) is 2.20. The second-order valence-corrected chi connectivity index (χ2v) is 6.21. The summed E-state index contributed by atoms with van der Waals surface area (Å²) in [6.45, 7) is 7.74. The molecule has 0 radical (unpaired) electrons. The summed E-state index contributed by atoms with van der Waals surface area (Å²) in [5, 5.41) is 3.04. The van der Waals surface area contributed by atoms with E-state index in [2.05, 4.69) is 5.32 Å². The molecule has 0 bridgehead atoms. The van der Waals surface area contributed by atoms with Gasteiger partial charge in [-0.3, -0.25) is 9.59 Å². The van der Waals surface area contributed by atoms with Gasteiger partial charge >= 0.3 is 5.97 Å². The van der Waals surface area contributed by atoms with Crippen molar-refractivity contribution in [3.8, 4) is 0 Å². The zero-order valence-corrected chi connectivity index (χ0v) is 12.7. The maximum absolute atomic E-state index is 12.2. The van der Waals surface area contributed by atoms with Crippen LogP contribution in [-0.2, 0) is 14.3 Å². The predicted octanol–water partition coefficient (Wildman–Crippen LogP) is 2.17. The zero-order valence-electron chi connectivity index (χ0n) is 12.7. The zero-order chi connectivity index (χ0) is 14.6. The van der Waals surface area contributed by atoms with E-state index in [-0.39, 0.29) is 35.7 Å². The molecule has 0 saturated heterocycles. The van der Waals surface area contributed by atoms with Crippen LogP contribution in [0.4, 0.5) is 0 Å². The summed E-state index contributed by atoms with van der Waals surface area (Å²) in [6, 6.07) is -0.372. The van der Waals surface area contributed by atoms with E-state index in [0.717, 1.165) is 12.8 Å². The molecule has 0 amide bonds. The number of esters is 1. The first-order valence-corrected chi connectivity index (χ1v) is 7.27. The van der Waals surface area contributed by atoms with Crippen LogP contribution >= 0.6 is 0 Å². The Morgan fingerprint density at radius 2 is 1.79 bits per heavy atom. The fourth-order valence-corrected chi connectivity index (χ4v) is 2.22. The number of hydrogen-bond donors (Lipinski definition) is 1. The fourth-order valence-electron chi connectivity index (χ4n) is 2.22. The standard InChI is InChI=1S/C15H27NO3/c1-9(2)8-12(17)19-15(11-6-7-11)13(16-5)14(18)10(3)4/h9-11,13,15-16H,6-8H2,1-5H3. The average molecular weight is 269 g/mol. The lowest BCUT2D eigenvalue weighted by Gasteiger charge is -2.27. The van der Waals surface area contributed by atoms with Crippen LogP contribution in [0.25, 0.3) is 0 Å². The van der Waals surface area contributed by atoms with Crippen molar-refractivity contribution in [3.63, 3.8) is 0 Å². The quantitative estimate of drug-likeness (QED) is 0.686. The molecule has 1 aliphatic rings. The first-order valence-electron chi connectivity index (χ1n) is 7.27. The summed E-state index contributed by atoms with van der Waals surface area (Å²) in [4.78, 5) is 24.0. The van der Waals surface area contributed by atoms with Crippen molar-refractivity contribution in [1.29, 1.82) is 0 Å². The molecule has 2 atom stereocenters. The maximum Gasteiger partial charge on any atom is 0.306 e. The molecule has 0 aliphatic heterocycles. The van der Waals surface area contributed by atoms with Gasteiger partial charge in [0, 0.05) is 12.3 Å². The summed E-state index contributed by atoms with van der Waals surface area (Å²) >= 11 is 0. The molecule has 1 fully saturated rings. The monoisotopic (exact) mass is 269 g/mol. The van der Waals surface area contributed by atoms with Crippen molar-refractivity contribution in [2.75, 3.05) is 7.05 Å². The molecular weight excluding hydrogens is 242 g/mol. The van der Waals surface area contributed by atoms with Crippen LogP contribution in [0, 0.1) is 17.8 Å². The molecule has 0 aromatic heterocycles. The minimum atomic E-state index is -0.372. The summed E-state index contributed by atoms with van der Waals surface area (Å²) < 4.78 is 5.59. The minimum Gasteiger partial charge on any atom is -0.460 e. The highest BCUT2D eigenvalue weighted by Gasteiger charge is 2.42. The van der Waals surface area contributed by atoms with E-state index in [1.54, 1.807) is 7.05 Å². The van der Waals surface area contributed by atoms with Crippen molar-refractivity contribution in [1.82, 2.24) is 5.32 Å². The van der Waals surface area contributed by atoms with Gasteiger partial charge in [-0.25, -0.2) is 0 Å². The molecule has 2 unspecified atom stereocenters. The van der Waals surface area contributed by atoms with Gasteiger partial charge in [-0.1, -0.05) is 27.7 Å². The Morgan fingerprint density at radius 3 is 2.16 bits per heavy atom. The lowest BCUT2D eigenvalue weighted by atomic mass is 9.95. The number of Topliss-reactive ketones (excluding diaryl/α,β-unsaturated/α-hetero) is 1. The average Bonchev–Trinajstić information content (AvgIpc) is 3.10. The van der Waals surface area contributed by atoms with E-state index in [9.17, 15) is 9.59 Å². The van der Waals surface area contributed by atoms with Crippen molar-refractivity contribution >= 4 is 11.8 Å². The van der Waals surface area contributed by atoms with E-state index in [1.807, 2.05) is 27.7 Å². The smallest absolute Gasteiger partial charge is 0.306 e. The van der Waals surface area contributed by atoms with Crippen molar-refractivity contribution in [2.24, 2.45) is 17.8 Å². The van der Waals surface area contributed by atoms with Gasteiger partial charge in [-0.2, -0.15) is 0 Å². The van der Waals surface area contributed by atoms with Crippen LogP contribution in [0.1, 0.15) is 47.0 Å². The maximum atomic E-state index is 12.2. The molecule has 1 N–H and O–H groups in total. The topological polar surface area (TPSA) is 55.4 Å². The molecule has 0 heterocycles. The highest BCUT2D eigenvalue weighted by Crippen LogP contribution is 2.36. The Hall–Kier alpha value is -0.900.